The predicted molar refractivity (Wildman–Crippen MR) is 59.6 cm³/mol. The van der Waals surface area contributed by atoms with Gasteiger partial charge in [-0.2, -0.15) is 13.4 Å². The molecular formula is C6H10N4O4S2. The van der Waals surface area contributed by atoms with Crippen molar-refractivity contribution < 1.29 is 17.9 Å². The zero-order valence-corrected chi connectivity index (χ0v) is 10.4. The Hall–Kier alpha value is -1.29. The average Bonchev–Trinajstić information content (AvgIpc) is 2.22. The van der Waals surface area contributed by atoms with Gasteiger partial charge in [0.2, 0.25) is 5.96 Å². The van der Waals surface area contributed by atoms with Crippen LogP contribution in [0.2, 0.25) is 0 Å². The molecule has 0 saturated carbocycles. The number of thioether (sulfide) groups is 1. The molecule has 0 unspecified atom stereocenters. The maximum absolute atomic E-state index is 11.8. The number of nitrogens with one attached hydrogen (secondary N) is 1. The Morgan fingerprint density at radius 1 is 1.56 bits per heavy atom. The van der Waals surface area contributed by atoms with Crippen LogP contribution in [0, 0.1) is 5.41 Å². The summed E-state index contributed by atoms with van der Waals surface area (Å²) >= 11 is 1.06. The zero-order chi connectivity index (χ0) is 12.5. The fourth-order valence-corrected chi connectivity index (χ4v) is 2.92. The number of amidine groups is 1. The number of guanidine groups is 1. The van der Waals surface area contributed by atoms with E-state index in [2.05, 4.69) is 9.73 Å². The molecule has 0 bridgehead atoms. The van der Waals surface area contributed by atoms with E-state index in [4.69, 9.17) is 5.41 Å². The van der Waals surface area contributed by atoms with Crippen LogP contribution in [0.5, 0.6) is 0 Å². The number of hydrogen-bond donors (Lipinski definition) is 1. The summed E-state index contributed by atoms with van der Waals surface area (Å²) in [6.45, 7) is 0. The van der Waals surface area contributed by atoms with Gasteiger partial charge in [0.15, 0.2) is 5.17 Å². The Bertz CT molecular complexity index is 457. The summed E-state index contributed by atoms with van der Waals surface area (Å²) in [5.41, 5.74) is 0. The van der Waals surface area contributed by atoms with Crippen LogP contribution in [-0.2, 0) is 14.9 Å². The number of carbonyl (C=O) groups is 1. The Morgan fingerprint density at radius 2 is 2.12 bits per heavy atom. The smallest absolute Gasteiger partial charge is 0.432 e. The molecule has 1 N–H and O–H groups in total. The van der Waals surface area contributed by atoms with Crippen LogP contribution in [-0.4, -0.2) is 54.7 Å². The summed E-state index contributed by atoms with van der Waals surface area (Å²) in [5.74, 6) is -0.686. The maximum Gasteiger partial charge on any atom is 0.432 e. The fraction of sp³-hybridized carbons (Fsp3) is 0.500. The maximum atomic E-state index is 11.8. The molecule has 1 rings (SSSR count). The molecule has 0 aromatic rings. The van der Waals surface area contributed by atoms with Gasteiger partial charge in [0.1, 0.15) is 0 Å². The lowest BCUT2D eigenvalue weighted by Gasteiger charge is -2.30. The van der Waals surface area contributed by atoms with Gasteiger partial charge in [-0.05, 0) is 6.26 Å². The van der Waals surface area contributed by atoms with Gasteiger partial charge in [-0.25, -0.2) is 9.10 Å². The third-order valence-corrected chi connectivity index (χ3v) is 4.26. The monoisotopic (exact) mass is 266 g/mol. The predicted octanol–water partition coefficient (Wildman–Crippen LogP) is -0.101. The summed E-state index contributed by atoms with van der Waals surface area (Å²) in [6.07, 6.45) is 0.451. The van der Waals surface area contributed by atoms with Gasteiger partial charge in [-0.3, -0.25) is 5.41 Å². The highest BCUT2D eigenvalue weighted by atomic mass is 32.2. The molecule has 8 nitrogen and oxygen atoms in total. The SMILES string of the molecule is COC(=O)N1C(=N)N=C(SC)N(C)S1(=O)=O. The number of amides is 1. The molecule has 0 radical (unpaired) electrons. The van der Waals surface area contributed by atoms with Crippen molar-refractivity contribution in [3.8, 4) is 0 Å². The van der Waals surface area contributed by atoms with Crippen LogP contribution in [0.15, 0.2) is 4.99 Å². The van der Waals surface area contributed by atoms with Gasteiger partial charge in [-0.1, -0.05) is 11.8 Å². The third-order valence-electron chi connectivity index (χ3n) is 1.76. The number of nitrogens with zero attached hydrogens (tertiary/aromatic N) is 3. The minimum absolute atomic E-state index is 0.116. The van der Waals surface area contributed by atoms with Crippen LogP contribution >= 0.6 is 11.8 Å². The second-order valence-electron chi connectivity index (χ2n) is 2.63. The van der Waals surface area contributed by atoms with Gasteiger partial charge in [0.05, 0.1) is 7.11 Å². The Kier molecular flexibility index (Phi) is 3.43. The minimum atomic E-state index is -4.11. The Balaban J connectivity index is 3.30. The van der Waals surface area contributed by atoms with Crippen molar-refractivity contribution in [1.82, 2.24) is 8.61 Å². The first kappa shape index (κ1) is 12.8. The van der Waals surface area contributed by atoms with Crippen molar-refractivity contribution in [2.45, 2.75) is 0 Å². The number of ether oxygens (including phenoxy) is 1. The van der Waals surface area contributed by atoms with Gasteiger partial charge in [0.25, 0.3) is 0 Å². The molecule has 1 heterocycles. The second-order valence-corrected chi connectivity index (χ2v) is 5.21. The third kappa shape index (κ3) is 1.85. The van der Waals surface area contributed by atoms with Crippen LogP contribution in [0.25, 0.3) is 0 Å². The molecule has 0 aliphatic carbocycles. The molecule has 90 valence electrons. The van der Waals surface area contributed by atoms with E-state index in [-0.39, 0.29) is 9.47 Å². The number of methoxy groups -OCH3 is 1. The lowest BCUT2D eigenvalue weighted by molar-refractivity contribution is 0.160. The molecule has 0 aromatic carbocycles. The molecule has 1 aliphatic rings. The van der Waals surface area contributed by atoms with Crippen molar-refractivity contribution in [1.29, 1.82) is 5.41 Å². The van der Waals surface area contributed by atoms with E-state index in [1.54, 1.807) is 6.26 Å². The number of carbonyl (C=O) groups excluding carboxylic acids is 1. The molecule has 16 heavy (non-hydrogen) atoms. The van der Waals surface area contributed by atoms with Gasteiger partial charge >= 0.3 is 16.3 Å². The van der Waals surface area contributed by atoms with E-state index in [1.165, 1.54) is 7.05 Å². The first-order valence-corrected chi connectivity index (χ1v) is 6.56. The average molecular weight is 266 g/mol. The van der Waals surface area contributed by atoms with Crippen LogP contribution in [0.4, 0.5) is 4.79 Å². The standard InChI is InChI=1S/C6H10N4O4S2/c1-9-5(15-3)8-4(7)10(6(11)14-2)16(9,12)13/h7H,1-3H3. The largest absolute Gasteiger partial charge is 0.452 e. The molecule has 1 amide bonds. The minimum Gasteiger partial charge on any atom is -0.452 e. The van der Waals surface area contributed by atoms with Crippen molar-refractivity contribution in [2.75, 3.05) is 20.4 Å². The van der Waals surface area contributed by atoms with E-state index in [9.17, 15) is 13.2 Å². The molecule has 10 heteroatoms. The number of aliphatic imine (C=N–C) groups is 1. The molecule has 0 aromatic heterocycles. The fourth-order valence-electron chi connectivity index (χ4n) is 0.975. The van der Waals surface area contributed by atoms with E-state index in [0.29, 0.717) is 0 Å². The normalized spacial score (nSPS) is 19.4. The molecule has 0 saturated heterocycles. The second kappa shape index (κ2) is 4.29. The summed E-state index contributed by atoms with van der Waals surface area (Å²) < 4.78 is 28.9. The molecule has 0 spiro atoms. The number of hydrogen-bond acceptors (Lipinski definition) is 6. The highest BCUT2D eigenvalue weighted by Gasteiger charge is 2.41. The first-order valence-electron chi connectivity index (χ1n) is 3.94. The molecular weight excluding hydrogens is 256 g/mol. The lowest BCUT2D eigenvalue weighted by Crippen LogP contribution is -2.52. The molecule has 0 fully saturated rings. The molecule has 1 aliphatic heterocycles. The summed E-state index contributed by atoms with van der Waals surface area (Å²) in [4.78, 5) is 14.9. The van der Waals surface area contributed by atoms with Gasteiger partial charge in [-0.15, -0.1) is 4.31 Å². The lowest BCUT2D eigenvalue weighted by atomic mass is 10.9. The van der Waals surface area contributed by atoms with Gasteiger partial charge < -0.3 is 4.74 Å². The Labute approximate surface area is 97.0 Å². The van der Waals surface area contributed by atoms with Crippen molar-refractivity contribution >= 4 is 39.2 Å². The summed E-state index contributed by atoms with van der Waals surface area (Å²) in [6, 6.07) is 0. The van der Waals surface area contributed by atoms with E-state index >= 15 is 0 Å². The van der Waals surface area contributed by atoms with E-state index in [1.807, 2.05) is 0 Å². The van der Waals surface area contributed by atoms with Crippen molar-refractivity contribution in [3.63, 3.8) is 0 Å². The first-order chi connectivity index (χ1) is 7.36. The van der Waals surface area contributed by atoms with Crippen LogP contribution in [0.3, 0.4) is 0 Å². The van der Waals surface area contributed by atoms with Crippen LogP contribution in [0.1, 0.15) is 0 Å². The van der Waals surface area contributed by atoms with E-state index < -0.39 is 22.3 Å². The highest BCUT2D eigenvalue weighted by Crippen LogP contribution is 2.19. The topological polar surface area (TPSA) is 103 Å². The van der Waals surface area contributed by atoms with Gasteiger partial charge in [0, 0.05) is 7.05 Å². The zero-order valence-electron chi connectivity index (χ0n) is 8.79. The van der Waals surface area contributed by atoms with E-state index in [0.717, 1.165) is 23.2 Å². The summed E-state index contributed by atoms with van der Waals surface area (Å²) in [7, 11) is -1.84. The molecule has 0 atom stereocenters. The summed E-state index contributed by atoms with van der Waals surface area (Å²) in [5, 5.41) is 7.49. The van der Waals surface area contributed by atoms with Crippen molar-refractivity contribution in [3.05, 3.63) is 0 Å². The Morgan fingerprint density at radius 3 is 2.56 bits per heavy atom. The highest BCUT2D eigenvalue weighted by molar-refractivity contribution is 8.14. The van der Waals surface area contributed by atoms with Crippen molar-refractivity contribution in [2.24, 2.45) is 4.99 Å². The number of rotatable bonds is 0. The van der Waals surface area contributed by atoms with Crippen LogP contribution < -0.4 is 0 Å². The quantitative estimate of drug-likeness (QED) is 0.659.